The smallest absolute Gasteiger partial charge is 0.306 e. The van der Waals surface area contributed by atoms with Gasteiger partial charge in [0.05, 0.1) is 6.61 Å². The van der Waals surface area contributed by atoms with Gasteiger partial charge in [-0.1, -0.05) is 72.3 Å². The van der Waals surface area contributed by atoms with Crippen molar-refractivity contribution in [2.45, 2.75) is 121 Å². The van der Waals surface area contributed by atoms with E-state index in [2.05, 4.69) is 6.92 Å². The van der Waals surface area contributed by atoms with Gasteiger partial charge in [-0.15, -0.1) is 0 Å². The lowest BCUT2D eigenvalue weighted by molar-refractivity contribution is -0.176. The van der Waals surface area contributed by atoms with Crippen molar-refractivity contribution in [2.24, 2.45) is 23.2 Å². The number of hydrogen-bond acceptors (Lipinski definition) is 7. The molecule has 1 unspecified atom stereocenters. The summed E-state index contributed by atoms with van der Waals surface area (Å²) in [5, 5.41) is 33.7. The van der Waals surface area contributed by atoms with Gasteiger partial charge in [-0.3, -0.25) is 9.59 Å². The van der Waals surface area contributed by atoms with Crippen LogP contribution in [0.5, 0.6) is 0 Å². The number of carbonyl (C=O) groups excluding carboxylic acids is 2. The molecule has 4 aliphatic carbocycles. The Morgan fingerprint density at radius 3 is 2.46 bits per heavy atom. The van der Waals surface area contributed by atoms with E-state index in [9.17, 15) is 24.9 Å². The predicted octanol–water partition coefficient (Wildman–Crippen LogP) is 3.78. The Morgan fingerprint density at radius 2 is 1.81 bits per heavy atom. The molecule has 7 heteroatoms. The lowest BCUT2D eigenvalue weighted by atomic mass is 9.62. The average molecular weight is 517 g/mol. The van der Waals surface area contributed by atoms with Crippen molar-refractivity contribution in [3.63, 3.8) is 0 Å². The molecule has 3 fully saturated rings. The van der Waals surface area contributed by atoms with Gasteiger partial charge in [-0.2, -0.15) is 0 Å². The molecule has 2 saturated carbocycles. The van der Waals surface area contributed by atoms with Gasteiger partial charge in [0.1, 0.15) is 17.3 Å². The minimum Gasteiger partial charge on any atom is -0.455 e. The summed E-state index contributed by atoms with van der Waals surface area (Å²) in [6, 6.07) is 0. The highest BCUT2D eigenvalue weighted by atomic mass is 16.7. The number of hydrogen-bond donors (Lipinski definition) is 3. The van der Waals surface area contributed by atoms with Crippen LogP contribution in [0, 0.1) is 23.2 Å². The van der Waals surface area contributed by atoms with Gasteiger partial charge in [0.25, 0.3) is 0 Å². The zero-order valence-electron chi connectivity index (χ0n) is 23.0. The van der Waals surface area contributed by atoms with Crippen LogP contribution in [0.25, 0.3) is 0 Å². The molecule has 0 amide bonds. The fraction of sp³-hybridized carbons (Fsp3) is 0.800. The average Bonchev–Trinajstić information content (AvgIpc) is 3.65. The van der Waals surface area contributed by atoms with Crippen molar-refractivity contribution in [2.75, 3.05) is 6.61 Å². The van der Waals surface area contributed by atoms with Crippen molar-refractivity contribution in [3.8, 4) is 0 Å². The number of epoxide rings is 1. The van der Waals surface area contributed by atoms with Gasteiger partial charge >= 0.3 is 5.97 Å². The van der Waals surface area contributed by atoms with Gasteiger partial charge in [-0.25, -0.2) is 0 Å². The third kappa shape index (κ3) is 3.26. The van der Waals surface area contributed by atoms with E-state index in [4.69, 9.17) is 9.47 Å². The molecule has 1 saturated heterocycles. The molecule has 2 spiro atoms. The SMILES string of the molecule is CCCCCCCCCC(=O)O[C@]12C([C@@H]3C=C(CO)C[C@]4(O)C(=O)C(C)=C[C@]45O[C@]35[C@H](C)[C@H]1O)C2(C)C. The highest BCUT2D eigenvalue weighted by molar-refractivity contribution is 6.07. The minimum atomic E-state index is -1.82. The maximum absolute atomic E-state index is 13.2. The van der Waals surface area contributed by atoms with Crippen molar-refractivity contribution in [3.05, 3.63) is 23.3 Å². The first-order chi connectivity index (χ1) is 17.4. The van der Waals surface area contributed by atoms with E-state index >= 15 is 0 Å². The summed E-state index contributed by atoms with van der Waals surface area (Å²) in [5.41, 5.74) is -4.70. The second-order valence-electron chi connectivity index (χ2n) is 12.9. The molecule has 0 bridgehead atoms. The lowest BCUT2D eigenvalue weighted by Gasteiger charge is -2.42. The molecule has 37 heavy (non-hydrogen) atoms. The molecule has 0 aromatic carbocycles. The Kier molecular flexibility index (Phi) is 6.38. The number of ether oxygens (including phenoxy) is 2. The number of Topliss-reactive ketones (excluding diaryl/α,β-unsaturated/α-hetero) is 1. The molecule has 5 aliphatic rings. The normalized spacial score (nSPS) is 44.5. The van der Waals surface area contributed by atoms with Crippen LogP contribution in [-0.4, -0.2) is 62.2 Å². The van der Waals surface area contributed by atoms with E-state index in [0.29, 0.717) is 17.6 Å². The Morgan fingerprint density at radius 1 is 1.16 bits per heavy atom. The zero-order chi connectivity index (χ0) is 27.0. The molecule has 3 N–H and O–H groups in total. The van der Waals surface area contributed by atoms with Crippen LogP contribution >= 0.6 is 0 Å². The molecule has 5 rings (SSSR count). The van der Waals surface area contributed by atoms with Crippen LogP contribution in [-0.2, 0) is 19.1 Å². The number of esters is 1. The Bertz CT molecular complexity index is 1040. The van der Waals surface area contributed by atoms with E-state index in [-0.39, 0.29) is 36.6 Å². The number of unbranched alkanes of at least 4 members (excludes halogenated alkanes) is 6. The van der Waals surface area contributed by atoms with Gasteiger partial charge in [0.15, 0.2) is 17.0 Å². The number of ketones is 1. The van der Waals surface area contributed by atoms with Crippen molar-refractivity contribution >= 4 is 11.8 Å². The van der Waals surface area contributed by atoms with Crippen LogP contribution in [0.15, 0.2) is 23.3 Å². The first-order valence-electron chi connectivity index (χ1n) is 14.3. The largest absolute Gasteiger partial charge is 0.455 e. The summed E-state index contributed by atoms with van der Waals surface area (Å²) >= 11 is 0. The van der Waals surface area contributed by atoms with Crippen molar-refractivity contribution < 1.29 is 34.4 Å². The van der Waals surface area contributed by atoms with Crippen LogP contribution in [0.2, 0.25) is 0 Å². The van der Waals surface area contributed by atoms with E-state index in [0.717, 1.165) is 19.3 Å². The van der Waals surface area contributed by atoms with Crippen molar-refractivity contribution in [1.82, 2.24) is 0 Å². The quantitative estimate of drug-likeness (QED) is 0.175. The van der Waals surface area contributed by atoms with E-state index in [1.165, 1.54) is 25.7 Å². The van der Waals surface area contributed by atoms with E-state index < -0.39 is 39.8 Å². The van der Waals surface area contributed by atoms with Gasteiger partial charge in [-0.05, 0) is 30.6 Å². The Hall–Kier alpha value is -1.54. The molecule has 0 aromatic heterocycles. The van der Waals surface area contributed by atoms with Crippen LogP contribution in [0.4, 0.5) is 0 Å². The number of fused-ring (bicyclic) bond motifs is 2. The number of rotatable bonds is 10. The highest BCUT2D eigenvalue weighted by Gasteiger charge is 2.95. The summed E-state index contributed by atoms with van der Waals surface area (Å²) in [6.07, 6.45) is 10.7. The molecule has 206 valence electrons. The lowest BCUT2D eigenvalue weighted by Crippen LogP contribution is -2.60. The summed E-state index contributed by atoms with van der Waals surface area (Å²) in [6.45, 7) is 9.47. The van der Waals surface area contributed by atoms with Gasteiger partial charge in [0.2, 0.25) is 0 Å². The summed E-state index contributed by atoms with van der Waals surface area (Å²) in [5.74, 6) is -1.80. The predicted molar refractivity (Wildman–Crippen MR) is 137 cm³/mol. The second kappa shape index (κ2) is 8.73. The molecule has 0 radical (unpaired) electrons. The molecule has 0 aromatic rings. The first kappa shape index (κ1) is 27.0. The molecule has 8 atom stereocenters. The standard InChI is InChI=1S/C30H44O7/c1-6-7-8-9-10-11-12-13-22(32)36-30-23(26(30,4)5)21-14-20(17-31)16-27(35)24(33)18(2)15-28(27)29(21,37-28)19(3)25(30)34/h14-15,19,21,23,25,31,34-35H,6-13,16-17H2,1-5H3/t19-,21+,23?,25-,27+,28+,29-,30-/m1/s1. The third-order valence-electron chi connectivity index (χ3n) is 10.6. The molecule has 1 aliphatic heterocycles. The summed E-state index contributed by atoms with van der Waals surface area (Å²) in [4.78, 5) is 26.2. The Balaban J connectivity index is 1.40. The zero-order valence-corrected chi connectivity index (χ0v) is 23.0. The fourth-order valence-electron chi connectivity index (χ4n) is 8.66. The molecular formula is C30H44O7. The minimum absolute atomic E-state index is 0.0184. The number of carbonyl (C=O) groups is 2. The molecular weight excluding hydrogens is 472 g/mol. The van der Waals surface area contributed by atoms with Gasteiger partial charge in [0, 0.05) is 36.0 Å². The molecule has 1 heterocycles. The van der Waals surface area contributed by atoms with Crippen LogP contribution in [0.3, 0.4) is 0 Å². The topological polar surface area (TPSA) is 117 Å². The first-order valence-corrected chi connectivity index (χ1v) is 14.3. The van der Waals surface area contributed by atoms with E-state index in [1.807, 2.05) is 26.8 Å². The maximum Gasteiger partial charge on any atom is 0.306 e. The van der Waals surface area contributed by atoms with E-state index in [1.54, 1.807) is 13.0 Å². The maximum atomic E-state index is 13.2. The Labute approximate surface area is 220 Å². The summed E-state index contributed by atoms with van der Waals surface area (Å²) < 4.78 is 12.7. The third-order valence-corrected chi connectivity index (χ3v) is 10.6. The van der Waals surface area contributed by atoms with Crippen molar-refractivity contribution in [1.29, 1.82) is 0 Å². The number of aliphatic hydroxyl groups is 3. The monoisotopic (exact) mass is 516 g/mol. The highest BCUT2D eigenvalue weighted by Crippen LogP contribution is 2.82. The second-order valence-corrected chi connectivity index (χ2v) is 12.9. The van der Waals surface area contributed by atoms with Crippen LogP contribution < -0.4 is 0 Å². The van der Waals surface area contributed by atoms with Crippen LogP contribution in [0.1, 0.15) is 92.4 Å². The fourth-order valence-corrected chi connectivity index (χ4v) is 8.66. The summed E-state index contributed by atoms with van der Waals surface area (Å²) in [7, 11) is 0. The van der Waals surface area contributed by atoms with Gasteiger partial charge < -0.3 is 24.8 Å². The number of aliphatic hydroxyl groups excluding tert-OH is 2. The molecule has 7 nitrogen and oxygen atoms in total.